The standard InChI is InChI=1S/C27H30FN7O3S/c1-16(2)11-29-26(36)25-22-14-34(39(37,38)24-13-30-33(4)32-24)15-27(22,25)21-10-18-12-31-35(23(18)9-17(21)3)20-7-5-19(28)6-8-20/h5-10,12-13,16,22,25H,11,14-15H2,1-4H3,(H,29,36)/t22-,25+,27+/m0/s1. The number of rotatable bonds is 7. The van der Waals surface area contributed by atoms with Gasteiger partial charge in [-0.1, -0.05) is 13.8 Å². The van der Waals surface area contributed by atoms with Crippen LogP contribution >= 0.6 is 0 Å². The Bertz CT molecular complexity index is 1700. The van der Waals surface area contributed by atoms with Crippen LogP contribution in [0.5, 0.6) is 0 Å². The Kier molecular flexibility index (Phi) is 5.88. The van der Waals surface area contributed by atoms with E-state index >= 15 is 0 Å². The van der Waals surface area contributed by atoms with Crippen LogP contribution in [0.3, 0.4) is 0 Å². The molecule has 1 N–H and O–H groups in total. The number of hydrogen-bond donors (Lipinski definition) is 1. The number of halogens is 1. The highest BCUT2D eigenvalue weighted by molar-refractivity contribution is 7.89. The smallest absolute Gasteiger partial charge is 0.264 e. The van der Waals surface area contributed by atoms with Crippen molar-refractivity contribution < 1.29 is 17.6 Å². The largest absolute Gasteiger partial charge is 0.356 e. The van der Waals surface area contributed by atoms with E-state index in [9.17, 15) is 17.6 Å². The Labute approximate surface area is 225 Å². The molecule has 1 amide bonds. The summed E-state index contributed by atoms with van der Waals surface area (Å²) < 4.78 is 43.5. The van der Waals surface area contributed by atoms with E-state index in [1.54, 1.807) is 30.1 Å². The molecule has 1 aliphatic carbocycles. The molecule has 3 atom stereocenters. The predicted octanol–water partition coefficient (Wildman–Crippen LogP) is 2.56. The van der Waals surface area contributed by atoms with Gasteiger partial charge in [0.1, 0.15) is 5.82 Å². The van der Waals surface area contributed by atoms with Gasteiger partial charge in [-0.05, 0) is 66.3 Å². The summed E-state index contributed by atoms with van der Waals surface area (Å²) in [6.07, 6.45) is 2.99. The van der Waals surface area contributed by atoms with Crippen molar-refractivity contribution >= 4 is 26.8 Å². The van der Waals surface area contributed by atoms with Gasteiger partial charge in [-0.15, -0.1) is 5.10 Å². The van der Waals surface area contributed by atoms with Gasteiger partial charge in [0, 0.05) is 37.5 Å². The summed E-state index contributed by atoms with van der Waals surface area (Å²) >= 11 is 0. The molecule has 204 valence electrons. The maximum atomic E-state index is 13.5. The fraction of sp³-hybridized carbons (Fsp3) is 0.407. The lowest BCUT2D eigenvalue weighted by atomic mass is 9.88. The summed E-state index contributed by atoms with van der Waals surface area (Å²) in [6, 6.07) is 10.2. The minimum Gasteiger partial charge on any atom is -0.356 e. The number of carbonyl (C=O) groups is 1. The molecule has 39 heavy (non-hydrogen) atoms. The second-order valence-electron chi connectivity index (χ2n) is 11.0. The number of aryl methyl sites for hydroxylation is 2. The molecule has 10 nitrogen and oxygen atoms in total. The van der Waals surface area contributed by atoms with Crippen molar-refractivity contribution in [3.05, 3.63) is 65.7 Å². The van der Waals surface area contributed by atoms with Gasteiger partial charge in [-0.2, -0.15) is 19.3 Å². The Morgan fingerprint density at radius 3 is 2.59 bits per heavy atom. The van der Waals surface area contributed by atoms with Gasteiger partial charge >= 0.3 is 0 Å². The number of amides is 1. The first-order valence-electron chi connectivity index (χ1n) is 12.9. The molecule has 0 unspecified atom stereocenters. The highest BCUT2D eigenvalue weighted by atomic mass is 32.2. The normalized spacial score (nSPS) is 22.9. The molecule has 2 aliphatic rings. The minimum atomic E-state index is -3.87. The van der Waals surface area contributed by atoms with Gasteiger partial charge in [0.2, 0.25) is 10.9 Å². The first-order valence-corrected chi connectivity index (χ1v) is 14.4. The van der Waals surface area contributed by atoms with Gasteiger partial charge in [0.15, 0.2) is 0 Å². The lowest BCUT2D eigenvalue weighted by Gasteiger charge is -2.24. The Morgan fingerprint density at radius 2 is 1.92 bits per heavy atom. The molecule has 0 bridgehead atoms. The van der Waals surface area contributed by atoms with Crippen LogP contribution in [0.1, 0.15) is 25.0 Å². The van der Waals surface area contributed by atoms with Crippen molar-refractivity contribution in [3.63, 3.8) is 0 Å². The summed E-state index contributed by atoms with van der Waals surface area (Å²) in [4.78, 5) is 14.6. The number of carbonyl (C=O) groups excluding carboxylic acids is 1. The van der Waals surface area contributed by atoms with Crippen LogP contribution in [-0.2, 0) is 27.3 Å². The van der Waals surface area contributed by atoms with E-state index in [4.69, 9.17) is 0 Å². The molecule has 4 aromatic rings. The Balaban J connectivity index is 1.40. The molecule has 2 fully saturated rings. The summed E-state index contributed by atoms with van der Waals surface area (Å²) in [5.41, 5.74) is 2.80. The van der Waals surface area contributed by atoms with Crippen LogP contribution in [0.15, 0.2) is 53.8 Å². The summed E-state index contributed by atoms with van der Waals surface area (Å²) in [7, 11) is -2.30. The van der Waals surface area contributed by atoms with Crippen molar-refractivity contribution in [2.45, 2.75) is 31.2 Å². The van der Waals surface area contributed by atoms with E-state index in [-0.39, 0.29) is 41.7 Å². The number of hydrogen-bond acceptors (Lipinski definition) is 6. The van der Waals surface area contributed by atoms with E-state index in [0.717, 1.165) is 27.7 Å². The maximum absolute atomic E-state index is 13.5. The van der Waals surface area contributed by atoms with Crippen molar-refractivity contribution in [2.75, 3.05) is 19.6 Å². The van der Waals surface area contributed by atoms with Gasteiger partial charge in [-0.3, -0.25) is 4.79 Å². The molecule has 1 saturated heterocycles. The zero-order valence-corrected chi connectivity index (χ0v) is 23.0. The van der Waals surface area contributed by atoms with Crippen molar-refractivity contribution in [3.8, 4) is 5.69 Å². The van der Waals surface area contributed by atoms with E-state index in [0.29, 0.717) is 12.5 Å². The van der Waals surface area contributed by atoms with E-state index in [1.807, 2.05) is 32.9 Å². The first-order chi connectivity index (χ1) is 18.5. The summed E-state index contributed by atoms with van der Waals surface area (Å²) in [5.74, 6) is -0.581. The second-order valence-corrected chi connectivity index (χ2v) is 12.9. The molecular formula is C27H30FN7O3S. The fourth-order valence-corrected chi connectivity index (χ4v) is 7.50. The molecule has 1 saturated carbocycles. The number of piperidine rings is 1. The van der Waals surface area contributed by atoms with E-state index in [1.165, 1.54) is 27.4 Å². The summed E-state index contributed by atoms with van der Waals surface area (Å²) in [6.45, 7) is 7.01. The lowest BCUT2D eigenvalue weighted by Crippen LogP contribution is -2.39. The minimum absolute atomic E-state index is 0.0493. The molecule has 0 spiro atoms. The SMILES string of the molecule is Cc1cc2c(cnn2-c2ccc(F)cc2)cc1[C@]12CN(S(=O)(=O)c3cnn(C)n3)C[C@H]1[C@@H]2C(=O)NCC(C)C. The second kappa shape index (κ2) is 8.95. The number of nitrogens with zero attached hydrogens (tertiary/aromatic N) is 6. The molecular weight excluding hydrogens is 521 g/mol. The molecule has 12 heteroatoms. The van der Waals surface area contributed by atoms with Crippen LogP contribution in [0.4, 0.5) is 4.39 Å². The van der Waals surface area contributed by atoms with Crippen molar-refractivity contribution in [1.29, 1.82) is 0 Å². The zero-order chi connectivity index (χ0) is 27.7. The first kappa shape index (κ1) is 25.6. The monoisotopic (exact) mass is 551 g/mol. The predicted molar refractivity (Wildman–Crippen MR) is 142 cm³/mol. The number of aromatic nitrogens is 5. The number of benzene rings is 2. The van der Waals surface area contributed by atoms with Gasteiger partial charge < -0.3 is 5.32 Å². The number of fused-ring (bicyclic) bond motifs is 2. The average Bonchev–Trinajstić information content (AvgIpc) is 3.32. The summed E-state index contributed by atoms with van der Waals surface area (Å²) in [5, 5.41) is 16.3. The van der Waals surface area contributed by atoms with E-state index in [2.05, 4.69) is 20.6 Å². The number of nitrogens with one attached hydrogen (secondary N) is 1. The van der Waals surface area contributed by atoms with Crippen LogP contribution in [0.25, 0.3) is 16.6 Å². The Morgan fingerprint density at radius 1 is 1.18 bits per heavy atom. The van der Waals surface area contributed by atoms with Crippen LogP contribution in [0, 0.1) is 30.5 Å². The highest BCUT2D eigenvalue weighted by Gasteiger charge is 2.74. The maximum Gasteiger partial charge on any atom is 0.264 e. The van der Waals surface area contributed by atoms with Crippen molar-refractivity contribution in [2.24, 2.45) is 24.8 Å². The van der Waals surface area contributed by atoms with Crippen LogP contribution in [-0.4, -0.2) is 63.0 Å². The third kappa shape index (κ3) is 4.04. The Hall–Kier alpha value is -3.64. The molecule has 2 aromatic carbocycles. The highest BCUT2D eigenvalue weighted by Crippen LogP contribution is 2.65. The molecule has 2 aromatic heterocycles. The van der Waals surface area contributed by atoms with Crippen molar-refractivity contribution in [1.82, 2.24) is 34.4 Å². The number of sulfonamides is 1. The molecule has 0 radical (unpaired) electrons. The third-order valence-electron chi connectivity index (χ3n) is 7.98. The quantitative estimate of drug-likeness (QED) is 0.378. The molecule has 3 heterocycles. The van der Waals surface area contributed by atoms with Gasteiger partial charge in [0.25, 0.3) is 10.0 Å². The third-order valence-corrected chi connectivity index (χ3v) is 9.66. The fourth-order valence-electron chi connectivity index (χ4n) is 6.09. The van der Waals surface area contributed by atoms with Crippen LogP contribution < -0.4 is 5.32 Å². The topological polar surface area (TPSA) is 115 Å². The molecule has 1 aliphatic heterocycles. The van der Waals surface area contributed by atoms with Gasteiger partial charge in [-0.25, -0.2) is 17.5 Å². The molecule has 6 rings (SSSR count). The lowest BCUT2D eigenvalue weighted by molar-refractivity contribution is -0.123. The average molecular weight is 552 g/mol. The zero-order valence-electron chi connectivity index (χ0n) is 22.2. The van der Waals surface area contributed by atoms with Gasteiger partial charge in [0.05, 0.1) is 29.5 Å². The van der Waals surface area contributed by atoms with E-state index < -0.39 is 15.4 Å². The van der Waals surface area contributed by atoms with Crippen LogP contribution in [0.2, 0.25) is 0 Å².